The normalized spacial score (nSPS) is 13.6. The Morgan fingerprint density at radius 2 is 1.45 bits per heavy atom. The van der Waals surface area contributed by atoms with Gasteiger partial charge in [-0.25, -0.2) is 8.42 Å². The molecule has 0 amide bonds. The van der Waals surface area contributed by atoms with Crippen molar-refractivity contribution in [2.24, 2.45) is 0 Å². The highest BCUT2D eigenvalue weighted by Crippen LogP contribution is 2.13. The summed E-state index contributed by atoms with van der Waals surface area (Å²) in [4.78, 5) is -0.185. The fourth-order valence-electron chi connectivity index (χ4n) is 1.72. The molecule has 0 radical (unpaired) electrons. The van der Waals surface area contributed by atoms with Crippen molar-refractivity contribution in [2.75, 3.05) is 7.05 Å². The standard InChI is InChI=1S/C10H15NO.C6H6O3S/c1-8(11-2)10(12)9-6-4-3-5-7-9;7-10(8,9)6-4-2-1-3-5-6/h3-8,10-12H,1-2H3;1-5H,(H,7,8,9)/t8-,10-;/m0./s1. The molecule has 120 valence electrons. The van der Waals surface area contributed by atoms with Crippen molar-refractivity contribution >= 4 is 10.1 Å². The van der Waals surface area contributed by atoms with Gasteiger partial charge >= 0.3 is 0 Å². The van der Waals surface area contributed by atoms with Gasteiger partial charge in [0, 0.05) is 0 Å². The molecular formula is C16H21NO4S. The van der Waals surface area contributed by atoms with Gasteiger partial charge in [-0.1, -0.05) is 48.5 Å². The number of hydrogen-bond acceptors (Lipinski definition) is 4. The fraction of sp³-hybridized carbons (Fsp3) is 0.250. The second kappa shape index (κ2) is 8.65. The van der Waals surface area contributed by atoms with Crippen LogP contribution in [0.15, 0.2) is 65.6 Å². The summed E-state index contributed by atoms with van der Waals surface area (Å²) >= 11 is 0. The van der Waals surface area contributed by atoms with E-state index in [-0.39, 0.29) is 17.0 Å². The molecule has 0 aliphatic rings. The molecule has 22 heavy (non-hydrogen) atoms. The number of rotatable bonds is 4. The number of quaternary nitrogens is 1. The Balaban J connectivity index is 0.000000224. The van der Waals surface area contributed by atoms with Gasteiger partial charge in [-0.2, -0.15) is 0 Å². The van der Waals surface area contributed by atoms with Crippen LogP contribution < -0.4 is 5.32 Å². The monoisotopic (exact) mass is 323 g/mol. The number of benzene rings is 2. The third kappa shape index (κ3) is 5.95. The molecule has 2 rings (SSSR count). The smallest absolute Gasteiger partial charge is 0.130 e. The van der Waals surface area contributed by atoms with Crippen LogP contribution in [0, 0.1) is 0 Å². The Bertz CT molecular complexity index is 644. The van der Waals surface area contributed by atoms with Crippen LogP contribution in [0.4, 0.5) is 0 Å². The lowest BCUT2D eigenvalue weighted by Crippen LogP contribution is -2.86. The molecule has 0 saturated heterocycles. The molecule has 0 bridgehead atoms. The summed E-state index contributed by atoms with van der Waals surface area (Å²) in [6.07, 6.45) is -0.365. The average Bonchev–Trinajstić information content (AvgIpc) is 2.55. The Morgan fingerprint density at radius 3 is 1.82 bits per heavy atom. The number of aliphatic hydroxyl groups excluding tert-OH is 1. The number of likely N-dealkylation sites (N-methyl/N-ethyl adjacent to an activating group) is 1. The zero-order valence-corrected chi connectivity index (χ0v) is 13.4. The highest BCUT2D eigenvalue weighted by Gasteiger charge is 2.16. The summed E-state index contributed by atoms with van der Waals surface area (Å²) in [5.74, 6) is 0. The maximum atomic E-state index is 10.3. The van der Waals surface area contributed by atoms with E-state index in [1.165, 1.54) is 24.3 Å². The largest absolute Gasteiger partial charge is 0.744 e. The van der Waals surface area contributed by atoms with Gasteiger partial charge in [0.2, 0.25) is 0 Å². The van der Waals surface area contributed by atoms with Crippen molar-refractivity contribution in [1.82, 2.24) is 0 Å². The summed E-state index contributed by atoms with van der Waals surface area (Å²) in [6, 6.07) is 17.1. The third-order valence-electron chi connectivity index (χ3n) is 3.20. The number of nitrogens with two attached hydrogens (primary N) is 1. The molecule has 0 unspecified atom stereocenters. The Labute approximate surface area is 131 Å². The van der Waals surface area contributed by atoms with E-state index in [4.69, 9.17) is 0 Å². The first kappa shape index (κ1) is 18.3. The maximum absolute atomic E-state index is 10.3. The van der Waals surface area contributed by atoms with Gasteiger partial charge in [-0.15, -0.1) is 0 Å². The van der Waals surface area contributed by atoms with Gasteiger partial charge in [0.05, 0.1) is 11.9 Å². The van der Waals surface area contributed by atoms with Crippen molar-refractivity contribution in [3.05, 3.63) is 66.2 Å². The molecule has 0 aromatic heterocycles. The summed E-state index contributed by atoms with van der Waals surface area (Å²) in [7, 11) is -2.28. The number of hydrogen-bond donors (Lipinski definition) is 2. The quantitative estimate of drug-likeness (QED) is 0.817. The van der Waals surface area contributed by atoms with E-state index >= 15 is 0 Å². The number of aliphatic hydroxyl groups is 1. The van der Waals surface area contributed by atoms with Crippen LogP contribution in [0.2, 0.25) is 0 Å². The lowest BCUT2D eigenvalue weighted by Gasteiger charge is -2.15. The SMILES string of the molecule is C[NH2+][C@@H](C)[C@H](O)c1ccccc1.O=S(=O)([O-])c1ccccc1. The molecule has 0 spiro atoms. The van der Waals surface area contributed by atoms with Crippen LogP contribution in [0.25, 0.3) is 0 Å². The van der Waals surface area contributed by atoms with Crippen LogP contribution in [0.5, 0.6) is 0 Å². The minimum absolute atomic E-state index is 0.185. The lowest BCUT2D eigenvalue weighted by atomic mass is 10.0. The van der Waals surface area contributed by atoms with Gasteiger partial charge in [0.15, 0.2) is 0 Å². The molecule has 6 heteroatoms. The van der Waals surface area contributed by atoms with E-state index in [2.05, 4.69) is 0 Å². The van der Waals surface area contributed by atoms with Crippen LogP contribution >= 0.6 is 0 Å². The minimum Gasteiger partial charge on any atom is -0.744 e. The predicted molar refractivity (Wildman–Crippen MR) is 83.1 cm³/mol. The molecule has 2 aromatic carbocycles. The minimum atomic E-state index is -4.25. The van der Waals surface area contributed by atoms with E-state index in [0.29, 0.717) is 0 Å². The topological polar surface area (TPSA) is 94.0 Å². The highest BCUT2D eigenvalue weighted by atomic mass is 32.2. The van der Waals surface area contributed by atoms with Gasteiger partial charge in [-0.3, -0.25) is 0 Å². The molecule has 0 fully saturated rings. The Morgan fingerprint density at radius 1 is 1.00 bits per heavy atom. The Hall–Kier alpha value is -1.73. The maximum Gasteiger partial charge on any atom is 0.130 e. The molecule has 5 nitrogen and oxygen atoms in total. The van der Waals surface area contributed by atoms with Crippen LogP contribution in [0.1, 0.15) is 18.6 Å². The second-order valence-electron chi connectivity index (χ2n) is 4.82. The van der Waals surface area contributed by atoms with Crippen LogP contribution in [-0.4, -0.2) is 31.2 Å². The predicted octanol–water partition coefficient (Wildman–Crippen LogP) is 0.892. The van der Waals surface area contributed by atoms with E-state index in [1.54, 1.807) is 6.07 Å². The van der Waals surface area contributed by atoms with Gasteiger partial charge < -0.3 is 15.0 Å². The first-order valence-electron chi connectivity index (χ1n) is 6.89. The summed E-state index contributed by atoms with van der Waals surface area (Å²) in [5.41, 5.74) is 0.989. The molecule has 2 atom stereocenters. The molecule has 0 saturated carbocycles. The van der Waals surface area contributed by atoms with Gasteiger partial charge in [0.25, 0.3) is 0 Å². The zero-order chi connectivity index (χ0) is 16.6. The Kier molecular flexibility index (Phi) is 7.20. The van der Waals surface area contributed by atoms with Crippen LogP contribution in [0.3, 0.4) is 0 Å². The van der Waals surface area contributed by atoms with Gasteiger partial charge in [-0.05, 0) is 24.6 Å². The lowest BCUT2D eigenvalue weighted by molar-refractivity contribution is -0.669. The molecule has 0 aliphatic carbocycles. The summed E-state index contributed by atoms with van der Waals surface area (Å²) in [6.45, 7) is 2.01. The zero-order valence-electron chi connectivity index (χ0n) is 12.6. The van der Waals surface area contributed by atoms with Crippen LogP contribution in [-0.2, 0) is 10.1 Å². The average molecular weight is 323 g/mol. The molecular weight excluding hydrogens is 302 g/mol. The highest BCUT2D eigenvalue weighted by molar-refractivity contribution is 7.85. The molecule has 3 N–H and O–H groups in total. The molecule has 0 aliphatic heterocycles. The van der Waals surface area contributed by atoms with E-state index in [0.717, 1.165) is 5.56 Å². The first-order valence-corrected chi connectivity index (χ1v) is 8.30. The van der Waals surface area contributed by atoms with Crippen molar-refractivity contribution in [2.45, 2.75) is 24.0 Å². The third-order valence-corrected chi connectivity index (χ3v) is 4.05. The summed E-state index contributed by atoms with van der Waals surface area (Å²) in [5, 5.41) is 11.8. The second-order valence-corrected chi connectivity index (χ2v) is 6.19. The van der Waals surface area contributed by atoms with E-state index < -0.39 is 10.1 Å². The van der Waals surface area contributed by atoms with Crippen molar-refractivity contribution < 1.29 is 23.4 Å². The van der Waals surface area contributed by atoms with Gasteiger partial charge in [0.1, 0.15) is 22.3 Å². The van der Waals surface area contributed by atoms with Crippen molar-refractivity contribution in [1.29, 1.82) is 0 Å². The summed E-state index contributed by atoms with van der Waals surface area (Å²) < 4.78 is 30.8. The van der Waals surface area contributed by atoms with Crippen molar-refractivity contribution in [3.8, 4) is 0 Å². The van der Waals surface area contributed by atoms with E-state index in [1.807, 2.05) is 49.6 Å². The first-order chi connectivity index (χ1) is 10.4. The molecule has 0 heterocycles. The fourth-order valence-corrected chi connectivity index (χ4v) is 2.21. The van der Waals surface area contributed by atoms with Crippen molar-refractivity contribution in [3.63, 3.8) is 0 Å². The molecule has 2 aromatic rings. The van der Waals surface area contributed by atoms with E-state index in [9.17, 15) is 18.1 Å².